The van der Waals surface area contributed by atoms with E-state index >= 15 is 0 Å². The van der Waals surface area contributed by atoms with Crippen molar-refractivity contribution in [1.82, 2.24) is 10.3 Å². The van der Waals surface area contributed by atoms with E-state index in [-0.39, 0.29) is 6.04 Å². The molecule has 2 N–H and O–H groups in total. The summed E-state index contributed by atoms with van der Waals surface area (Å²) in [6.45, 7) is 2.05. The van der Waals surface area contributed by atoms with E-state index in [2.05, 4.69) is 34.7 Å². The number of aromatic nitrogens is 1. The van der Waals surface area contributed by atoms with Crippen LogP contribution in [0.15, 0.2) is 48.7 Å². The molecule has 1 heterocycles. The molecule has 1 atom stereocenters. The fourth-order valence-corrected chi connectivity index (χ4v) is 2.09. The Morgan fingerprint density at radius 1 is 1.20 bits per heavy atom. The van der Waals surface area contributed by atoms with Crippen molar-refractivity contribution in [3.8, 4) is 5.75 Å². The van der Waals surface area contributed by atoms with Crippen LogP contribution >= 0.6 is 12.2 Å². The average Bonchev–Trinajstić information content (AvgIpc) is 2.48. The minimum atomic E-state index is 0.117. The van der Waals surface area contributed by atoms with Gasteiger partial charge in [0.1, 0.15) is 0 Å². The van der Waals surface area contributed by atoms with E-state index < -0.39 is 0 Å². The number of nitrogens with one attached hydrogen (secondary N) is 2. The molecule has 104 valence electrons. The lowest BCUT2D eigenvalue weighted by molar-refractivity contribution is 0.415. The Morgan fingerprint density at radius 2 is 1.95 bits per heavy atom. The van der Waals surface area contributed by atoms with Crippen LogP contribution in [0.2, 0.25) is 0 Å². The molecule has 0 amide bonds. The van der Waals surface area contributed by atoms with Gasteiger partial charge in [0.15, 0.2) is 16.7 Å². The molecule has 0 spiro atoms. The number of hydrogen-bond donors (Lipinski definition) is 2. The molecule has 5 heteroatoms. The molecule has 0 aliphatic heterocycles. The zero-order valence-electron chi connectivity index (χ0n) is 11.5. The van der Waals surface area contributed by atoms with Crippen molar-refractivity contribution in [2.75, 3.05) is 12.4 Å². The molecule has 0 saturated carbocycles. The molecule has 0 fully saturated rings. The third-order valence-corrected chi connectivity index (χ3v) is 3.09. The van der Waals surface area contributed by atoms with Gasteiger partial charge in [0.25, 0.3) is 0 Å². The lowest BCUT2D eigenvalue weighted by atomic mass is 10.1. The van der Waals surface area contributed by atoms with Gasteiger partial charge in [-0.05, 0) is 36.8 Å². The van der Waals surface area contributed by atoms with E-state index in [9.17, 15) is 0 Å². The van der Waals surface area contributed by atoms with E-state index in [1.165, 1.54) is 5.56 Å². The highest BCUT2D eigenvalue weighted by Crippen LogP contribution is 2.20. The first-order valence-electron chi connectivity index (χ1n) is 6.32. The monoisotopic (exact) mass is 287 g/mol. The van der Waals surface area contributed by atoms with Gasteiger partial charge in [0, 0.05) is 6.20 Å². The molecule has 0 bridgehead atoms. The number of pyridine rings is 1. The van der Waals surface area contributed by atoms with Crippen LogP contribution in [0.3, 0.4) is 0 Å². The van der Waals surface area contributed by atoms with Crippen molar-refractivity contribution in [1.29, 1.82) is 0 Å². The van der Waals surface area contributed by atoms with Crippen LogP contribution in [0, 0.1) is 0 Å². The largest absolute Gasteiger partial charge is 0.493 e. The van der Waals surface area contributed by atoms with Gasteiger partial charge in [-0.15, -0.1) is 0 Å². The lowest BCUT2D eigenvalue weighted by Gasteiger charge is -2.17. The molecule has 1 aromatic carbocycles. The normalized spacial score (nSPS) is 11.5. The number of ether oxygens (including phenoxy) is 1. The maximum absolute atomic E-state index is 5.30. The zero-order chi connectivity index (χ0) is 14.4. The van der Waals surface area contributed by atoms with Crippen molar-refractivity contribution >= 4 is 23.1 Å². The minimum Gasteiger partial charge on any atom is -0.493 e. The Kier molecular flexibility index (Phi) is 4.90. The van der Waals surface area contributed by atoms with E-state index in [0.717, 1.165) is 0 Å². The molecular formula is C15H17N3OS. The number of nitrogens with zero attached hydrogens (tertiary/aromatic N) is 1. The van der Waals surface area contributed by atoms with Gasteiger partial charge in [0.05, 0.1) is 13.2 Å². The second-order valence-electron chi connectivity index (χ2n) is 4.29. The summed E-state index contributed by atoms with van der Waals surface area (Å²) < 4.78 is 5.22. The van der Waals surface area contributed by atoms with Gasteiger partial charge in [-0.2, -0.15) is 0 Å². The molecule has 0 aliphatic rings. The van der Waals surface area contributed by atoms with Crippen molar-refractivity contribution < 1.29 is 4.74 Å². The summed E-state index contributed by atoms with van der Waals surface area (Å²) >= 11 is 5.30. The fourth-order valence-electron chi connectivity index (χ4n) is 1.81. The SMILES string of the molecule is COc1cccnc1NC(=S)N[C@@H](C)c1ccccc1. The van der Waals surface area contributed by atoms with E-state index in [1.807, 2.05) is 30.3 Å². The molecule has 20 heavy (non-hydrogen) atoms. The standard InChI is InChI=1S/C15H17N3OS/c1-11(12-7-4-3-5-8-12)17-15(20)18-14-13(19-2)9-6-10-16-14/h3-11H,1-2H3,(H2,16,17,18,20)/t11-/m0/s1. The Bertz CT molecular complexity index is 574. The average molecular weight is 287 g/mol. The van der Waals surface area contributed by atoms with Crippen LogP contribution < -0.4 is 15.4 Å². The highest BCUT2D eigenvalue weighted by Gasteiger charge is 2.09. The van der Waals surface area contributed by atoms with Crippen LogP contribution in [-0.2, 0) is 0 Å². The maximum Gasteiger partial charge on any atom is 0.174 e. The molecule has 0 aliphatic carbocycles. The number of thiocarbonyl (C=S) groups is 1. The van der Waals surface area contributed by atoms with Crippen molar-refractivity contribution in [3.63, 3.8) is 0 Å². The van der Waals surface area contributed by atoms with Crippen molar-refractivity contribution in [2.45, 2.75) is 13.0 Å². The molecule has 1 aromatic heterocycles. The summed E-state index contributed by atoms with van der Waals surface area (Å²) in [6.07, 6.45) is 1.69. The maximum atomic E-state index is 5.30. The number of rotatable bonds is 4. The smallest absolute Gasteiger partial charge is 0.174 e. The lowest BCUT2D eigenvalue weighted by Crippen LogP contribution is -2.31. The molecule has 2 rings (SSSR count). The van der Waals surface area contributed by atoms with Gasteiger partial charge in [0.2, 0.25) is 0 Å². The summed E-state index contributed by atoms with van der Waals surface area (Å²) in [4.78, 5) is 4.21. The van der Waals surface area contributed by atoms with Crippen molar-refractivity contribution in [3.05, 3.63) is 54.2 Å². The Balaban J connectivity index is 1.99. The topological polar surface area (TPSA) is 46.2 Å². The molecule has 0 saturated heterocycles. The second kappa shape index (κ2) is 6.86. The van der Waals surface area contributed by atoms with Crippen LogP contribution in [0.4, 0.5) is 5.82 Å². The number of anilines is 1. The highest BCUT2D eigenvalue weighted by atomic mass is 32.1. The van der Waals surface area contributed by atoms with E-state index in [4.69, 9.17) is 17.0 Å². The summed E-state index contributed by atoms with van der Waals surface area (Å²) in [5.74, 6) is 1.26. The van der Waals surface area contributed by atoms with Gasteiger partial charge in [-0.1, -0.05) is 30.3 Å². The summed E-state index contributed by atoms with van der Waals surface area (Å²) in [6, 6.07) is 13.9. The van der Waals surface area contributed by atoms with E-state index in [1.54, 1.807) is 13.3 Å². The van der Waals surface area contributed by atoms with Crippen molar-refractivity contribution in [2.24, 2.45) is 0 Å². The van der Waals surface area contributed by atoms with Gasteiger partial charge in [-0.25, -0.2) is 4.98 Å². The molecular weight excluding hydrogens is 270 g/mol. The van der Waals surface area contributed by atoms with Crippen LogP contribution in [0.25, 0.3) is 0 Å². The fraction of sp³-hybridized carbons (Fsp3) is 0.200. The Morgan fingerprint density at radius 3 is 2.65 bits per heavy atom. The summed E-state index contributed by atoms with van der Waals surface area (Å²) in [7, 11) is 1.60. The van der Waals surface area contributed by atoms with Gasteiger partial charge in [-0.3, -0.25) is 0 Å². The van der Waals surface area contributed by atoms with Gasteiger partial charge < -0.3 is 15.4 Å². The predicted octanol–water partition coefficient (Wildman–Crippen LogP) is 3.14. The van der Waals surface area contributed by atoms with Crippen LogP contribution in [0.5, 0.6) is 5.75 Å². The first-order chi connectivity index (χ1) is 9.70. The molecule has 0 radical (unpaired) electrons. The number of methoxy groups -OCH3 is 1. The van der Waals surface area contributed by atoms with Crippen LogP contribution in [-0.4, -0.2) is 17.2 Å². The molecule has 4 nitrogen and oxygen atoms in total. The Hall–Kier alpha value is -2.14. The second-order valence-corrected chi connectivity index (χ2v) is 4.69. The number of hydrogen-bond acceptors (Lipinski definition) is 3. The van der Waals surface area contributed by atoms with E-state index in [0.29, 0.717) is 16.7 Å². The third kappa shape index (κ3) is 3.68. The zero-order valence-corrected chi connectivity index (χ0v) is 12.3. The van der Waals surface area contributed by atoms with Crippen LogP contribution in [0.1, 0.15) is 18.5 Å². The first-order valence-corrected chi connectivity index (χ1v) is 6.73. The summed E-state index contributed by atoms with van der Waals surface area (Å²) in [5, 5.41) is 6.78. The molecule has 0 unspecified atom stereocenters. The molecule has 2 aromatic rings. The predicted molar refractivity (Wildman–Crippen MR) is 85.0 cm³/mol. The Labute approximate surface area is 124 Å². The summed E-state index contributed by atoms with van der Waals surface area (Å²) in [5.41, 5.74) is 1.17. The first kappa shape index (κ1) is 14.3. The minimum absolute atomic E-state index is 0.117. The highest BCUT2D eigenvalue weighted by molar-refractivity contribution is 7.80. The van der Waals surface area contributed by atoms with Gasteiger partial charge >= 0.3 is 0 Å². The quantitative estimate of drug-likeness (QED) is 0.846. The third-order valence-electron chi connectivity index (χ3n) is 2.87. The number of benzene rings is 1.